The van der Waals surface area contributed by atoms with E-state index in [0.29, 0.717) is 6.04 Å². The molecule has 1 unspecified atom stereocenters. The van der Waals surface area contributed by atoms with Gasteiger partial charge in [-0.3, -0.25) is 0 Å². The number of aryl methyl sites for hydroxylation is 1. The summed E-state index contributed by atoms with van der Waals surface area (Å²) in [7, 11) is 0. The van der Waals surface area contributed by atoms with E-state index in [2.05, 4.69) is 41.8 Å². The fourth-order valence-corrected chi connectivity index (χ4v) is 1.76. The molecule has 1 aromatic rings. The lowest BCUT2D eigenvalue weighted by molar-refractivity contribution is 0.465. The van der Waals surface area contributed by atoms with Crippen molar-refractivity contribution in [2.24, 2.45) is 0 Å². The summed E-state index contributed by atoms with van der Waals surface area (Å²) >= 11 is 0. The molecule has 1 heterocycles. The van der Waals surface area contributed by atoms with E-state index in [-0.39, 0.29) is 0 Å². The maximum absolute atomic E-state index is 4.43. The van der Waals surface area contributed by atoms with Crippen LogP contribution in [-0.2, 0) is 6.54 Å². The molecule has 0 aliphatic heterocycles. The number of aromatic nitrogens is 2. The Hall–Kier alpha value is -0.830. The van der Waals surface area contributed by atoms with Crippen molar-refractivity contribution in [1.29, 1.82) is 0 Å². The van der Waals surface area contributed by atoms with Gasteiger partial charge in [0.05, 0.1) is 6.04 Å². The van der Waals surface area contributed by atoms with Crippen LogP contribution in [0.4, 0.5) is 0 Å². The molecule has 1 rings (SSSR count). The van der Waals surface area contributed by atoms with E-state index < -0.39 is 0 Å². The molecule has 3 heteroatoms. The number of nitrogens with one attached hydrogen (secondary N) is 1. The second kappa shape index (κ2) is 5.81. The van der Waals surface area contributed by atoms with Crippen molar-refractivity contribution >= 4 is 0 Å². The number of nitrogens with zero attached hydrogens (tertiary/aromatic N) is 2. The van der Waals surface area contributed by atoms with E-state index in [1.807, 2.05) is 6.20 Å². The molecule has 14 heavy (non-hydrogen) atoms. The normalized spacial score (nSPS) is 13.1. The molecule has 0 radical (unpaired) electrons. The molecule has 0 bridgehead atoms. The summed E-state index contributed by atoms with van der Waals surface area (Å²) in [5.41, 5.74) is 0. The molecule has 0 saturated carbocycles. The van der Waals surface area contributed by atoms with E-state index in [1.54, 1.807) is 0 Å². The molecule has 80 valence electrons. The Morgan fingerprint density at radius 1 is 1.43 bits per heavy atom. The maximum atomic E-state index is 4.43. The summed E-state index contributed by atoms with van der Waals surface area (Å²) in [6.07, 6.45) is 6.28. The molecule has 1 aromatic heterocycles. The van der Waals surface area contributed by atoms with Crippen LogP contribution >= 0.6 is 0 Å². The summed E-state index contributed by atoms with van der Waals surface area (Å²) in [5, 5.41) is 3.48. The van der Waals surface area contributed by atoms with Crippen LogP contribution in [0.15, 0.2) is 12.4 Å². The molecule has 1 N–H and O–H groups in total. The van der Waals surface area contributed by atoms with Crippen molar-refractivity contribution in [3.8, 4) is 0 Å². The Bertz CT molecular complexity index is 249. The summed E-state index contributed by atoms with van der Waals surface area (Å²) in [4.78, 5) is 4.43. The van der Waals surface area contributed by atoms with E-state index >= 15 is 0 Å². The van der Waals surface area contributed by atoms with Gasteiger partial charge in [-0.25, -0.2) is 4.98 Å². The third-order valence-electron chi connectivity index (χ3n) is 2.43. The average Bonchev–Trinajstić information content (AvgIpc) is 2.65. The van der Waals surface area contributed by atoms with Crippen LogP contribution in [-0.4, -0.2) is 16.1 Å². The van der Waals surface area contributed by atoms with Crippen LogP contribution in [0.2, 0.25) is 0 Å². The van der Waals surface area contributed by atoms with Gasteiger partial charge in [0.15, 0.2) is 0 Å². The number of hydrogen-bond donors (Lipinski definition) is 1. The van der Waals surface area contributed by atoms with Crippen LogP contribution in [0.5, 0.6) is 0 Å². The minimum atomic E-state index is 0.417. The minimum absolute atomic E-state index is 0.417. The van der Waals surface area contributed by atoms with Crippen LogP contribution in [0.3, 0.4) is 0 Å². The van der Waals surface area contributed by atoms with Crippen molar-refractivity contribution in [2.75, 3.05) is 6.54 Å². The summed E-state index contributed by atoms with van der Waals surface area (Å²) < 4.78 is 2.21. The zero-order valence-electron chi connectivity index (χ0n) is 9.45. The summed E-state index contributed by atoms with van der Waals surface area (Å²) in [6.45, 7) is 8.51. The largest absolute Gasteiger partial charge is 0.334 e. The summed E-state index contributed by atoms with van der Waals surface area (Å²) in [5.74, 6) is 1.18. The van der Waals surface area contributed by atoms with Gasteiger partial charge in [0.25, 0.3) is 0 Å². The highest BCUT2D eigenvalue weighted by molar-refractivity contribution is 4.99. The Morgan fingerprint density at radius 3 is 2.79 bits per heavy atom. The lowest BCUT2D eigenvalue weighted by Crippen LogP contribution is -2.24. The molecule has 0 saturated heterocycles. The first-order chi connectivity index (χ1) is 6.83. The Labute approximate surface area is 86.5 Å². The van der Waals surface area contributed by atoms with Gasteiger partial charge >= 0.3 is 0 Å². The SMILES string of the molecule is CCCC(NCC)c1nccn1CC. The van der Waals surface area contributed by atoms with Crippen LogP contribution in [0.1, 0.15) is 45.5 Å². The third-order valence-corrected chi connectivity index (χ3v) is 2.43. The van der Waals surface area contributed by atoms with Crippen molar-refractivity contribution in [3.63, 3.8) is 0 Å². The average molecular weight is 195 g/mol. The molecule has 0 aliphatic carbocycles. The van der Waals surface area contributed by atoms with Gasteiger partial charge in [0.2, 0.25) is 0 Å². The molecular formula is C11H21N3. The first-order valence-corrected chi connectivity index (χ1v) is 5.57. The van der Waals surface area contributed by atoms with Crippen LogP contribution in [0.25, 0.3) is 0 Å². The molecule has 0 fully saturated rings. The Morgan fingerprint density at radius 2 is 2.21 bits per heavy atom. The molecule has 1 atom stereocenters. The molecule has 0 amide bonds. The quantitative estimate of drug-likeness (QED) is 0.755. The van der Waals surface area contributed by atoms with Gasteiger partial charge in [-0.05, 0) is 19.9 Å². The zero-order chi connectivity index (χ0) is 10.4. The minimum Gasteiger partial charge on any atom is -0.334 e. The van der Waals surface area contributed by atoms with Gasteiger partial charge in [0, 0.05) is 18.9 Å². The Kier molecular flexibility index (Phi) is 4.66. The molecule has 0 spiro atoms. The van der Waals surface area contributed by atoms with Gasteiger partial charge < -0.3 is 9.88 Å². The second-order valence-corrected chi connectivity index (χ2v) is 3.47. The highest BCUT2D eigenvalue weighted by Crippen LogP contribution is 2.16. The predicted octanol–water partition coefficient (Wildman–Crippen LogP) is 2.35. The van der Waals surface area contributed by atoms with Crippen LogP contribution < -0.4 is 5.32 Å². The van der Waals surface area contributed by atoms with Crippen molar-refractivity contribution < 1.29 is 0 Å². The monoisotopic (exact) mass is 195 g/mol. The van der Waals surface area contributed by atoms with E-state index in [1.165, 1.54) is 12.2 Å². The molecule has 3 nitrogen and oxygen atoms in total. The topological polar surface area (TPSA) is 29.9 Å². The highest BCUT2D eigenvalue weighted by Gasteiger charge is 2.13. The molecular weight excluding hydrogens is 174 g/mol. The van der Waals surface area contributed by atoms with Crippen LogP contribution in [0, 0.1) is 0 Å². The fraction of sp³-hybridized carbons (Fsp3) is 0.727. The predicted molar refractivity (Wildman–Crippen MR) is 59.2 cm³/mol. The van der Waals surface area contributed by atoms with E-state index in [9.17, 15) is 0 Å². The van der Waals surface area contributed by atoms with Gasteiger partial charge in [-0.2, -0.15) is 0 Å². The van der Waals surface area contributed by atoms with Crippen molar-refractivity contribution in [3.05, 3.63) is 18.2 Å². The third kappa shape index (κ3) is 2.58. The van der Waals surface area contributed by atoms with E-state index in [4.69, 9.17) is 0 Å². The lowest BCUT2D eigenvalue weighted by Gasteiger charge is -2.17. The molecule has 0 aliphatic rings. The standard InChI is InChI=1S/C11H21N3/c1-4-7-10(12-5-2)11-13-8-9-14(11)6-3/h8-10,12H,4-7H2,1-3H3. The Balaban J connectivity index is 2.75. The van der Waals surface area contributed by atoms with Crippen molar-refractivity contribution in [2.45, 2.75) is 46.2 Å². The zero-order valence-corrected chi connectivity index (χ0v) is 9.45. The number of imidazole rings is 1. The summed E-state index contributed by atoms with van der Waals surface area (Å²) in [6, 6.07) is 0.417. The van der Waals surface area contributed by atoms with Gasteiger partial charge in [-0.1, -0.05) is 20.3 Å². The second-order valence-electron chi connectivity index (χ2n) is 3.47. The first-order valence-electron chi connectivity index (χ1n) is 5.57. The first kappa shape index (κ1) is 11.2. The maximum Gasteiger partial charge on any atom is 0.125 e. The lowest BCUT2D eigenvalue weighted by atomic mass is 10.1. The number of hydrogen-bond acceptors (Lipinski definition) is 2. The smallest absolute Gasteiger partial charge is 0.125 e. The van der Waals surface area contributed by atoms with Gasteiger partial charge in [-0.15, -0.1) is 0 Å². The van der Waals surface area contributed by atoms with E-state index in [0.717, 1.165) is 19.5 Å². The van der Waals surface area contributed by atoms with Crippen molar-refractivity contribution in [1.82, 2.24) is 14.9 Å². The van der Waals surface area contributed by atoms with Gasteiger partial charge in [0.1, 0.15) is 5.82 Å². The fourth-order valence-electron chi connectivity index (χ4n) is 1.76. The number of rotatable bonds is 6. The molecule has 0 aromatic carbocycles. The highest BCUT2D eigenvalue weighted by atomic mass is 15.1.